The van der Waals surface area contributed by atoms with Crippen LogP contribution in [-0.4, -0.2) is 6.10 Å². The minimum Gasteiger partial charge on any atom is -0.491 e. The van der Waals surface area contributed by atoms with Gasteiger partial charge in [-0.15, -0.1) is 0 Å². The van der Waals surface area contributed by atoms with Gasteiger partial charge in [0.1, 0.15) is 5.75 Å². The topological polar surface area (TPSA) is 21.3 Å². The van der Waals surface area contributed by atoms with Crippen LogP contribution >= 0.6 is 11.6 Å². The van der Waals surface area contributed by atoms with Gasteiger partial charge < -0.3 is 10.1 Å². The van der Waals surface area contributed by atoms with Gasteiger partial charge in [-0.2, -0.15) is 0 Å². The molecule has 0 atom stereocenters. The summed E-state index contributed by atoms with van der Waals surface area (Å²) in [6.45, 7) is 6.79. The molecule has 2 aromatic rings. The van der Waals surface area contributed by atoms with E-state index in [2.05, 4.69) is 11.4 Å². The molecule has 3 heteroatoms. The van der Waals surface area contributed by atoms with E-state index in [4.69, 9.17) is 16.3 Å². The molecule has 0 aliphatic rings. The smallest absolute Gasteiger partial charge is 0.124 e. The first kappa shape index (κ1) is 14.7. The summed E-state index contributed by atoms with van der Waals surface area (Å²) in [7, 11) is 0. The molecule has 0 aliphatic heterocycles. The molecule has 2 rings (SSSR count). The Morgan fingerprint density at radius 2 is 1.85 bits per heavy atom. The second-order valence-electron chi connectivity index (χ2n) is 5.06. The number of rotatable bonds is 5. The number of hydrogen-bond donors (Lipinski definition) is 1. The minimum atomic E-state index is 0.165. The summed E-state index contributed by atoms with van der Waals surface area (Å²) in [5.41, 5.74) is 3.24. The fourth-order valence-corrected chi connectivity index (χ4v) is 2.35. The molecular weight excluding hydrogens is 270 g/mol. The molecule has 0 heterocycles. The molecule has 0 bridgehead atoms. The lowest BCUT2D eigenvalue weighted by atomic mass is 10.1. The molecule has 20 heavy (non-hydrogen) atoms. The molecule has 0 unspecified atom stereocenters. The van der Waals surface area contributed by atoms with Crippen molar-refractivity contribution in [3.8, 4) is 5.75 Å². The van der Waals surface area contributed by atoms with Crippen LogP contribution in [0.15, 0.2) is 42.5 Å². The zero-order chi connectivity index (χ0) is 14.5. The van der Waals surface area contributed by atoms with Gasteiger partial charge in [0.25, 0.3) is 0 Å². The molecule has 106 valence electrons. The monoisotopic (exact) mass is 289 g/mol. The van der Waals surface area contributed by atoms with E-state index >= 15 is 0 Å². The minimum absolute atomic E-state index is 0.165. The normalized spacial score (nSPS) is 10.7. The van der Waals surface area contributed by atoms with Crippen molar-refractivity contribution >= 4 is 17.3 Å². The zero-order valence-corrected chi connectivity index (χ0v) is 12.9. The molecule has 0 radical (unpaired) electrons. The summed E-state index contributed by atoms with van der Waals surface area (Å²) < 4.78 is 5.82. The highest BCUT2D eigenvalue weighted by Gasteiger charge is 2.07. The van der Waals surface area contributed by atoms with Crippen LogP contribution < -0.4 is 10.1 Å². The first-order valence-corrected chi connectivity index (χ1v) is 7.19. The first-order chi connectivity index (χ1) is 9.58. The van der Waals surface area contributed by atoms with Gasteiger partial charge in [0.15, 0.2) is 0 Å². The Morgan fingerprint density at radius 1 is 1.10 bits per heavy atom. The average Bonchev–Trinajstić information content (AvgIpc) is 2.39. The number of nitrogens with one attached hydrogen (secondary N) is 1. The standard InChI is InChI=1S/C17H20ClNO/c1-12(2)20-16-10-5-4-8-14(16)11-19-17-13(3)7-6-9-15(17)18/h4-10,12,19H,11H2,1-3H3. The lowest BCUT2D eigenvalue weighted by molar-refractivity contribution is 0.240. The number of hydrogen-bond acceptors (Lipinski definition) is 2. The third-order valence-corrected chi connectivity index (χ3v) is 3.33. The van der Waals surface area contributed by atoms with Crippen molar-refractivity contribution in [2.75, 3.05) is 5.32 Å². The van der Waals surface area contributed by atoms with Crippen molar-refractivity contribution in [1.29, 1.82) is 0 Å². The Kier molecular flexibility index (Phi) is 4.91. The van der Waals surface area contributed by atoms with Crippen LogP contribution in [0.25, 0.3) is 0 Å². The van der Waals surface area contributed by atoms with E-state index in [-0.39, 0.29) is 6.10 Å². The van der Waals surface area contributed by atoms with Crippen LogP contribution in [0.2, 0.25) is 5.02 Å². The van der Waals surface area contributed by atoms with Crippen molar-refractivity contribution in [3.05, 3.63) is 58.6 Å². The predicted molar refractivity (Wildman–Crippen MR) is 85.7 cm³/mol. The maximum absolute atomic E-state index is 6.23. The van der Waals surface area contributed by atoms with E-state index in [0.717, 1.165) is 27.6 Å². The van der Waals surface area contributed by atoms with E-state index in [1.807, 2.05) is 57.2 Å². The first-order valence-electron chi connectivity index (χ1n) is 6.81. The van der Waals surface area contributed by atoms with Crippen LogP contribution in [0, 0.1) is 6.92 Å². The van der Waals surface area contributed by atoms with Gasteiger partial charge in [-0.1, -0.05) is 41.9 Å². The Morgan fingerprint density at radius 3 is 2.55 bits per heavy atom. The Hall–Kier alpha value is -1.67. The summed E-state index contributed by atoms with van der Waals surface area (Å²) in [6.07, 6.45) is 0.165. The summed E-state index contributed by atoms with van der Waals surface area (Å²) >= 11 is 6.23. The van der Waals surface area contributed by atoms with Crippen molar-refractivity contribution in [3.63, 3.8) is 0 Å². The largest absolute Gasteiger partial charge is 0.491 e. The van der Waals surface area contributed by atoms with Crippen LogP contribution in [-0.2, 0) is 6.54 Å². The van der Waals surface area contributed by atoms with E-state index in [1.54, 1.807) is 0 Å². The third-order valence-electron chi connectivity index (χ3n) is 3.01. The van der Waals surface area contributed by atoms with Crippen LogP contribution in [0.5, 0.6) is 5.75 Å². The number of ether oxygens (including phenoxy) is 1. The number of para-hydroxylation sites is 2. The summed E-state index contributed by atoms with van der Waals surface area (Å²) in [4.78, 5) is 0. The second kappa shape index (κ2) is 6.67. The molecule has 0 aromatic heterocycles. The maximum Gasteiger partial charge on any atom is 0.124 e. The molecule has 0 fully saturated rings. The Bertz CT molecular complexity index is 561. The fraction of sp³-hybridized carbons (Fsp3) is 0.294. The van der Waals surface area contributed by atoms with Crippen molar-refractivity contribution in [1.82, 2.24) is 0 Å². The Labute approximate surface area is 125 Å². The van der Waals surface area contributed by atoms with E-state index in [0.29, 0.717) is 6.54 Å². The lowest BCUT2D eigenvalue weighted by Crippen LogP contribution is -2.09. The highest BCUT2D eigenvalue weighted by molar-refractivity contribution is 6.33. The van der Waals surface area contributed by atoms with Crippen LogP contribution in [0.4, 0.5) is 5.69 Å². The van der Waals surface area contributed by atoms with Gasteiger partial charge in [0.05, 0.1) is 16.8 Å². The molecule has 0 spiro atoms. The van der Waals surface area contributed by atoms with Gasteiger partial charge >= 0.3 is 0 Å². The van der Waals surface area contributed by atoms with Crippen molar-refractivity contribution in [2.24, 2.45) is 0 Å². The number of aryl methyl sites for hydroxylation is 1. The maximum atomic E-state index is 6.23. The zero-order valence-electron chi connectivity index (χ0n) is 12.1. The number of benzene rings is 2. The third kappa shape index (κ3) is 3.67. The van der Waals surface area contributed by atoms with Crippen LogP contribution in [0.3, 0.4) is 0 Å². The molecular formula is C17H20ClNO. The van der Waals surface area contributed by atoms with Gasteiger partial charge in [-0.05, 0) is 38.5 Å². The molecule has 0 aliphatic carbocycles. The molecule has 0 amide bonds. The Balaban J connectivity index is 2.15. The van der Waals surface area contributed by atoms with E-state index in [9.17, 15) is 0 Å². The van der Waals surface area contributed by atoms with Crippen LogP contribution in [0.1, 0.15) is 25.0 Å². The SMILES string of the molecule is Cc1cccc(Cl)c1NCc1ccccc1OC(C)C. The summed E-state index contributed by atoms with van der Waals surface area (Å²) in [5.74, 6) is 0.916. The quantitative estimate of drug-likeness (QED) is 0.832. The van der Waals surface area contributed by atoms with Gasteiger partial charge in [-0.25, -0.2) is 0 Å². The highest BCUT2D eigenvalue weighted by Crippen LogP contribution is 2.27. The summed E-state index contributed by atoms with van der Waals surface area (Å²) in [6, 6.07) is 14.0. The van der Waals surface area contributed by atoms with Gasteiger partial charge in [0.2, 0.25) is 0 Å². The molecule has 0 saturated carbocycles. The molecule has 2 aromatic carbocycles. The average molecular weight is 290 g/mol. The molecule has 2 nitrogen and oxygen atoms in total. The van der Waals surface area contributed by atoms with E-state index < -0.39 is 0 Å². The van der Waals surface area contributed by atoms with Crippen molar-refractivity contribution < 1.29 is 4.74 Å². The number of halogens is 1. The van der Waals surface area contributed by atoms with Gasteiger partial charge in [0, 0.05) is 12.1 Å². The fourth-order valence-electron chi connectivity index (χ4n) is 2.06. The van der Waals surface area contributed by atoms with E-state index in [1.165, 1.54) is 0 Å². The lowest BCUT2D eigenvalue weighted by Gasteiger charge is -2.16. The van der Waals surface area contributed by atoms with Crippen molar-refractivity contribution in [2.45, 2.75) is 33.4 Å². The highest BCUT2D eigenvalue weighted by atomic mass is 35.5. The summed E-state index contributed by atoms with van der Waals surface area (Å²) in [5, 5.41) is 4.14. The molecule has 0 saturated heterocycles. The number of anilines is 1. The second-order valence-corrected chi connectivity index (χ2v) is 5.47. The predicted octanol–water partition coefficient (Wildman–Crippen LogP) is 5.05. The van der Waals surface area contributed by atoms with Gasteiger partial charge in [-0.3, -0.25) is 0 Å². The molecule has 1 N–H and O–H groups in total.